The van der Waals surface area contributed by atoms with Gasteiger partial charge in [0.2, 0.25) is 0 Å². The van der Waals surface area contributed by atoms with E-state index < -0.39 is 41.1 Å². The fourth-order valence-electron chi connectivity index (χ4n) is 5.98. The number of nitrogens with two attached hydrogens (primary N) is 1. The van der Waals surface area contributed by atoms with E-state index in [-0.39, 0.29) is 23.8 Å². The van der Waals surface area contributed by atoms with Crippen molar-refractivity contribution in [1.82, 2.24) is 39.8 Å². The van der Waals surface area contributed by atoms with E-state index in [1.165, 1.54) is 21.9 Å². The van der Waals surface area contributed by atoms with Crippen molar-refractivity contribution in [3.63, 3.8) is 0 Å². The highest BCUT2D eigenvalue weighted by molar-refractivity contribution is 7.21. The molecule has 1 unspecified atom stereocenters. The average molecular weight is 725 g/mol. The number of para-hydroxylation sites is 1. The quantitative estimate of drug-likeness (QED) is 0.195. The molecule has 3 aromatic carbocycles. The summed E-state index contributed by atoms with van der Waals surface area (Å²) in [5, 5.41) is 21.7. The van der Waals surface area contributed by atoms with Crippen molar-refractivity contribution in [2.75, 3.05) is 30.3 Å². The number of amides is 1. The van der Waals surface area contributed by atoms with E-state index in [1.54, 1.807) is 18.2 Å². The normalized spacial score (nSPS) is 13.8. The second-order valence-corrected chi connectivity index (χ2v) is 12.8. The van der Waals surface area contributed by atoms with Gasteiger partial charge in [-0.15, -0.1) is 11.3 Å². The molecule has 0 bridgehead atoms. The van der Waals surface area contributed by atoms with Crippen molar-refractivity contribution in [2.24, 2.45) is 0 Å². The van der Waals surface area contributed by atoms with Gasteiger partial charge in [0.1, 0.15) is 47.1 Å². The smallest absolute Gasteiger partial charge is 0.298 e. The number of benzene rings is 3. The Labute approximate surface area is 295 Å². The first-order valence-corrected chi connectivity index (χ1v) is 16.5. The van der Waals surface area contributed by atoms with Gasteiger partial charge < -0.3 is 30.3 Å². The Morgan fingerprint density at radius 2 is 1.90 bits per heavy atom. The minimum atomic E-state index is -2.07. The lowest BCUT2D eigenvalue weighted by atomic mass is 9.92. The molecule has 4 aromatic heterocycles. The van der Waals surface area contributed by atoms with Gasteiger partial charge in [-0.25, -0.2) is 23.4 Å². The molecule has 7 aromatic rings. The monoisotopic (exact) mass is 724 g/mol. The third-order valence-electron chi connectivity index (χ3n) is 8.41. The number of hydrogen-bond acceptors (Lipinski definition) is 13. The van der Waals surface area contributed by atoms with E-state index in [1.807, 2.05) is 36.4 Å². The van der Waals surface area contributed by atoms with Gasteiger partial charge in [0.15, 0.2) is 5.82 Å². The second kappa shape index (κ2) is 13.0. The maximum absolute atomic E-state index is 14.8. The van der Waals surface area contributed by atoms with Crippen molar-refractivity contribution in [2.45, 2.75) is 12.1 Å². The van der Waals surface area contributed by atoms with Gasteiger partial charge in [-0.1, -0.05) is 29.4 Å². The largest absolute Gasteiger partial charge is 0.490 e. The van der Waals surface area contributed by atoms with E-state index in [0.29, 0.717) is 45.9 Å². The first kappa shape index (κ1) is 32.7. The lowest BCUT2D eigenvalue weighted by Crippen LogP contribution is -2.44. The first-order chi connectivity index (χ1) is 25.2. The lowest BCUT2D eigenvalue weighted by molar-refractivity contribution is 0.0119. The SMILES string of the molecule is Nc1nc2sc(-c3nc(C(=O)NCC(O)(Cn4cncn4)c4ccc(F)cc4F)no3)cc2n(-c2ccc3c(c2)N(c2ccccc2)CCO3)c1=O. The molecule has 0 spiro atoms. The Balaban J connectivity index is 1.08. The van der Waals surface area contributed by atoms with Gasteiger partial charge in [-0.2, -0.15) is 10.1 Å². The van der Waals surface area contributed by atoms with Gasteiger partial charge in [0.25, 0.3) is 23.2 Å². The van der Waals surface area contributed by atoms with Crippen LogP contribution in [0.4, 0.5) is 26.0 Å². The summed E-state index contributed by atoms with van der Waals surface area (Å²) >= 11 is 1.11. The topological polar surface area (TPSA) is 192 Å². The number of nitrogens with one attached hydrogen (secondary N) is 1. The molecule has 262 valence electrons. The Morgan fingerprint density at radius 3 is 2.69 bits per heavy atom. The molecule has 1 aliphatic heterocycles. The van der Waals surface area contributed by atoms with Crippen LogP contribution in [0.3, 0.4) is 0 Å². The van der Waals surface area contributed by atoms with Crippen molar-refractivity contribution < 1.29 is 27.9 Å². The molecule has 0 saturated carbocycles. The molecule has 4 N–H and O–H groups in total. The van der Waals surface area contributed by atoms with Crippen LogP contribution in [0.15, 0.2) is 94.8 Å². The third kappa shape index (κ3) is 5.98. The summed E-state index contributed by atoms with van der Waals surface area (Å²) < 4.78 is 42.5. The summed E-state index contributed by atoms with van der Waals surface area (Å²) in [5.41, 5.74) is 5.86. The van der Waals surface area contributed by atoms with Gasteiger partial charge >= 0.3 is 0 Å². The number of hydrogen-bond donors (Lipinski definition) is 3. The number of fused-ring (bicyclic) bond motifs is 2. The minimum absolute atomic E-state index is 0.0535. The Bertz CT molecular complexity index is 2510. The van der Waals surface area contributed by atoms with Crippen LogP contribution in [0.2, 0.25) is 0 Å². The molecular formula is C34H26F2N10O5S. The van der Waals surface area contributed by atoms with E-state index in [4.69, 9.17) is 15.0 Å². The van der Waals surface area contributed by atoms with Gasteiger partial charge in [0.05, 0.1) is 41.4 Å². The summed E-state index contributed by atoms with van der Waals surface area (Å²) in [6.45, 7) is 0.226. The third-order valence-corrected chi connectivity index (χ3v) is 9.42. The van der Waals surface area contributed by atoms with Crippen molar-refractivity contribution in [3.8, 4) is 22.2 Å². The predicted octanol–water partition coefficient (Wildman–Crippen LogP) is 3.80. The molecule has 0 saturated heterocycles. The zero-order valence-corrected chi connectivity index (χ0v) is 27.6. The summed E-state index contributed by atoms with van der Waals surface area (Å²) in [4.78, 5) is 41.9. The molecule has 1 amide bonds. The van der Waals surface area contributed by atoms with E-state index in [2.05, 4.69) is 35.4 Å². The molecular weight excluding hydrogens is 699 g/mol. The van der Waals surface area contributed by atoms with Gasteiger partial charge in [-0.05, 0) is 42.5 Å². The zero-order valence-electron chi connectivity index (χ0n) is 26.8. The molecule has 0 radical (unpaired) electrons. The summed E-state index contributed by atoms with van der Waals surface area (Å²) in [6.07, 6.45) is 2.52. The molecule has 1 aliphatic rings. The highest BCUT2D eigenvalue weighted by Crippen LogP contribution is 2.39. The van der Waals surface area contributed by atoms with Crippen LogP contribution in [0.1, 0.15) is 16.2 Å². The fraction of sp³-hybridized carbons (Fsp3) is 0.147. The number of carbonyl (C=O) groups is 1. The molecule has 0 aliphatic carbocycles. The molecule has 0 fully saturated rings. The predicted molar refractivity (Wildman–Crippen MR) is 184 cm³/mol. The number of ether oxygens (including phenoxy) is 1. The first-order valence-electron chi connectivity index (χ1n) is 15.7. The van der Waals surface area contributed by atoms with Crippen LogP contribution in [-0.4, -0.2) is 65.2 Å². The van der Waals surface area contributed by atoms with Crippen LogP contribution in [0, 0.1) is 11.6 Å². The highest BCUT2D eigenvalue weighted by atomic mass is 32.1. The minimum Gasteiger partial charge on any atom is -0.490 e. The molecule has 52 heavy (non-hydrogen) atoms. The van der Waals surface area contributed by atoms with Crippen molar-refractivity contribution in [3.05, 3.63) is 119 Å². The van der Waals surface area contributed by atoms with Gasteiger partial charge in [0, 0.05) is 17.3 Å². The molecule has 8 rings (SSSR count). The second-order valence-electron chi connectivity index (χ2n) is 11.8. The van der Waals surface area contributed by atoms with E-state index in [9.17, 15) is 23.5 Å². The van der Waals surface area contributed by atoms with Crippen LogP contribution in [0.25, 0.3) is 26.8 Å². The number of thiophene rings is 1. The van der Waals surface area contributed by atoms with E-state index in [0.717, 1.165) is 34.8 Å². The number of halogens is 2. The zero-order chi connectivity index (χ0) is 36.0. The van der Waals surface area contributed by atoms with Gasteiger partial charge in [-0.3, -0.25) is 14.2 Å². The maximum atomic E-state index is 14.8. The summed E-state index contributed by atoms with van der Waals surface area (Å²) in [6, 6.07) is 19.5. The Kier molecular flexibility index (Phi) is 8.15. The van der Waals surface area contributed by atoms with Crippen LogP contribution >= 0.6 is 11.3 Å². The molecule has 5 heterocycles. The number of aliphatic hydroxyl groups is 1. The number of anilines is 3. The molecule has 15 nitrogen and oxygen atoms in total. The molecule has 18 heteroatoms. The number of carbonyl (C=O) groups excluding carboxylic acids is 1. The molecule has 1 atom stereocenters. The van der Waals surface area contributed by atoms with Crippen molar-refractivity contribution >= 4 is 44.8 Å². The standard InChI is InChI=1S/C34H26F2N10O5S/c35-19-6-8-22(23(36)12-19)34(49,16-44-18-38-17-40-44)15-39-30(47)29-42-31(51-43-29)27-14-25-32(52-27)41-28(37)33(48)46(25)21-7-9-26-24(13-21)45(10-11-50-26)20-4-2-1-3-5-20/h1-9,12-14,17-18,49H,10-11,15-16H2,(H2,37,41)(H,39,47). The Morgan fingerprint density at radius 1 is 1.06 bits per heavy atom. The number of aromatic nitrogens is 7. The highest BCUT2D eigenvalue weighted by Gasteiger charge is 2.35. The van der Waals surface area contributed by atoms with E-state index >= 15 is 0 Å². The number of nitrogen functional groups attached to an aromatic ring is 1. The Hall–Kier alpha value is -6.53. The summed E-state index contributed by atoms with van der Waals surface area (Å²) in [7, 11) is 0. The van der Waals surface area contributed by atoms with Crippen molar-refractivity contribution in [1.29, 1.82) is 0 Å². The number of nitrogens with zero attached hydrogens (tertiary/aromatic N) is 8. The maximum Gasteiger partial charge on any atom is 0.298 e. The lowest BCUT2D eigenvalue weighted by Gasteiger charge is -2.31. The van der Waals surface area contributed by atoms with Crippen LogP contribution < -0.4 is 26.2 Å². The number of rotatable bonds is 9. The van der Waals surface area contributed by atoms with Crippen LogP contribution in [-0.2, 0) is 12.1 Å². The average Bonchev–Trinajstić information content (AvgIpc) is 3.93. The fourth-order valence-corrected chi connectivity index (χ4v) is 6.93. The van der Waals surface area contributed by atoms with Crippen LogP contribution in [0.5, 0.6) is 5.75 Å². The summed E-state index contributed by atoms with van der Waals surface area (Å²) in [5.74, 6) is -2.72.